The average molecular weight is 2060 g/mol. The van der Waals surface area contributed by atoms with Gasteiger partial charge in [-0.3, -0.25) is 44.5 Å². The number of nitrogens with one attached hydrogen (secondary N) is 1. The number of benzene rings is 7. The third kappa shape index (κ3) is 28.7. The molecule has 5 N–H and O–H groups in total. The van der Waals surface area contributed by atoms with E-state index in [0.717, 1.165) is 65.9 Å². The second-order valence-electron chi connectivity index (χ2n) is 27.8. The van der Waals surface area contributed by atoms with Crippen LogP contribution in [0.15, 0.2) is 121 Å². The first kappa shape index (κ1) is 111. The number of fused-ring (bicyclic) bond motifs is 4. The standard InChI is InChI=1S/C20H19ClF2N4O5S.C20H21ClF2N4O3S.C12H11ClF2N4O4S.C9H7ClF2N4O2.C9H12O.C3H5ClO2S.CH2O3.CH4.2K.H/c1-32-13-4-2-12(3-5-13)10-26(33(30,31)14-6-7-14)20-18-15(21)8-9-16(27(28)29)19(18)25(24-20)11-17(22)23;1-30-13-4-2-12(3-5-13)10-27(31(28,29)14-6-7-14)20-18-15(21)8-9-16(24)19(18)26(25-20)11-17(22)23;13-7-3-4-8(19(20)21)11-10(7)12(16-18(11)5-9(14)15)17-24(22,23)6-1-2-6;10-4-1-2-5(16(17)18)8-7(4)9(13)14-15(8)3-6(11)12;1-3-8-4-6-9(10-2)7-5-8;4-7(5,6)3-1-2-3;2-1-4-3;;;;/h2-5,8-9,14,17H,6-7,10-11H2,1H3;2-5,8-9,14,17H,6-7,10-11,24H2,1H3;3-4,6,9H,1-2,5H2,(H,16,17);1-2,6H,3H2,(H2,13,14);4-7H,3H2,1-2H3;3H,1-2H2;1,3H;1H4;;;/q;;;;;;;;2*+1;-1/p-1. The van der Waals surface area contributed by atoms with Crippen molar-refractivity contribution in [2.45, 2.75) is 158 Å². The number of hydrogen-bond donors (Lipinski definition) is 3. The quantitative estimate of drug-likeness (QED) is 0.00550. The van der Waals surface area contributed by atoms with Crippen LogP contribution in [0, 0.1) is 30.3 Å². The van der Waals surface area contributed by atoms with Crippen LogP contribution in [-0.2, 0) is 94.5 Å². The largest absolute Gasteiger partial charge is 1.00 e. The first-order valence-electron chi connectivity index (χ1n) is 37.3. The molecule has 4 aromatic heterocycles. The van der Waals surface area contributed by atoms with Crippen molar-refractivity contribution >= 4 is 192 Å². The summed E-state index contributed by atoms with van der Waals surface area (Å²) in [5, 5.41) is 56.4. The van der Waals surface area contributed by atoms with Crippen molar-refractivity contribution in [3.63, 3.8) is 0 Å². The van der Waals surface area contributed by atoms with Gasteiger partial charge in [-0.15, -0.1) is 0 Å². The Balaban J connectivity index is 0.000000288. The third-order valence-electron chi connectivity index (χ3n) is 18.8. The molecule has 4 saturated carbocycles. The average Bonchev–Trinajstić information content (AvgIpc) is 1.60. The van der Waals surface area contributed by atoms with Crippen molar-refractivity contribution in [3.05, 3.63) is 188 Å². The maximum atomic E-state index is 13.4. The molecule has 130 heavy (non-hydrogen) atoms. The maximum absolute atomic E-state index is 13.4. The number of nitrogens with zero attached hydrogens (tertiary/aromatic N) is 13. The number of anilines is 5. The minimum atomic E-state index is -3.94. The zero-order valence-electron chi connectivity index (χ0n) is 69.5. The van der Waals surface area contributed by atoms with E-state index in [1.54, 1.807) is 55.6 Å². The predicted molar refractivity (Wildman–Crippen MR) is 465 cm³/mol. The second kappa shape index (κ2) is 48.6. The van der Waals surface area contributed by atoms with Crippen LogP contribution in [0.4, 0.5) is 81.1 Å². The van der Waals surface area contributed by atoms with Gasteiger partial charge in [-0.25, -0.2) is 91.5 Å². The number of hydrogen-bond acceptors (Lipinski definition) is 26. The second-order valence-corrected chi connectivity index (χ2v) is 38.6. The zero-order chi connectivity index (χ0) is 93.6. The number of carbonyl (C=O) groups excluding carboxylic acids is 1. The van der Waals surface area contributed by atoms with Crippen LogP contribution in [0.1, 0.15) is 83.8 Å². The van der Waals surface area contributed by atoms with Crippen LogP contribution in [0.2, 0.25) is 20.1 Å². The summed E-state index contributed by atoms with van der Waals surface area (Å²) in [7, 11) is -5.01. The molecule has 0 radical (unpaired) electrons. The van der Waals surface area contributed by atoms with Gasteiger partial charge in [-0.2, -0.15) is 20.4 Å². The van der Waals surface area contributed by atoms with Gasteiger partial charge < -0.3 is 37.2 Å². The number of methoxy groups -OCH3 is 3. The van der Waals surface area contributed by atoms with E-state index in [9.17, 15) is 99.1 Å². The molecular weight excluding hydrogens is 1980 g/mol. The Hall–Kier alpha value is -7.59. The number of alkyl halides is 8. The molecule has 0 bridgehead atoms. The van der Waals surface area contributed by atoms with Crippen molar-refractivity contribution in [2.75, 3.05) is 46.1 Å². The SMILES string of the molecule is C.CCc1ccc(OC)cc1.COc1ccc(CN(c2nn(CC(F)F)c3c(N)ccc(Cl)c23)S(=O)(=O)C2CC2)cc1.COc1ccc(CN(c2nn(CC(F)F)c3c([N+](=O)[O-])ccc(Cl)c23)S(=O)(=O)C2CC2)cc1.Nc1nn(CC(F)F)c2c([N+](=O)[O-])ccc(Cl)c12.O=CO[O-].O=S(=O)(Cl)C1CC1.O=[N+]([O-])c1ccc(Cl)c2c(NS(=O)(=O)C3CC3)nn(CC(F)F)c12.[H-].[K+].[K+]. The summed E-state index contributed by atoms with van der Waals surface area (Å²) >= 11 is 24.6. The molecule has 0 atom stereocenters. The fourth-order valence-electron chi connectivity index (χ4n) is 12.3. The normalized spacial score (nSPS) is 13.5. The Kier molecular flexibility index (Phi) is 41.5. The minimum Gasteiger partial charge on any atom is -1.00 e. The molecular formula is C75H81Cl5F8K2N16O20S4. The molecule has 0 unspecified atom stereocenters. The van der Waals surface area contributed by atoms with Crippen LogP contribution >= 0.6 is 57.1 Å². The summed E-state index contributed by atoms with van der Waals surface area (Å²) < 4.78 is 224. The van der Waals surface area contributed by atoms with Crippen molar-refractivity contribution in [1.82, 2.24) is 39.1 Å². The van der Waals surface area contributed by atoms with Gasteiger partial charge in [0.1, 0.15) is 60.0 Å². The van der Waals surface area contributed by atoms with Crippen LogP contribution in [-0.4, -0.2) is 162 Å². The smallest absolute Gasteiger partial charge is 1.00 e. The number of non-ortho nitro benzene ring substituents is 3. The topological polar surface area (TPSA) is 485 Å². The van der Waals surface area contributed by atoms with E-state index in [-0.39, 0.29) is 235 Å². The summed E-state index contributed by atoms with van der Waals surface area (Å²) in [6.45, 7) is -1.64. The molecule has 7 aromatic carbocycles. The number of halogens is 13. The van der Waals surface area contributed by atoms with Crippen LogP contribution in [0.25, 0.3) is 43.6 Å². The first-order valence-corrected chi connectivity index (χ1v) is 45.7. The van der Waals surface area contributed by atoms with E-state index in [2.05, 4.69) is 49.1 Å². The molecule has 4 fully saturated rings. The number of nitrogens with two attached hydrogens (primary N) is 2. The Morgan fingerprint density at radius 2 is 0.777 bits per heavy atom. The summed E-state index contributed by atoms with van der Waals surface area (Å²) in [4.78, 5) is 42.7. The maximum Gasteiger partial charge on any atom is 1.00 e. The Bertz CT molecular complexity index is 6290. The summed E-state index contributed by atoms with van der Waals surface area (Å²) in [6.07, 6.45) is -5.58. The van der Waals surface area contributed by atoms with Gasteiger partial charge in [-0.05, 0) is 141 Å². The molecule has 36 nitrogen and oxygen atoms in total. The van der Waals surface area contributed by atoms with Gasteiger partial charge in [0.15, 0.2) is 23.3 Å². The summed E-state index contributed by atoms with van der Waals surface area (Å²) in [6, 6.07) is 31.7. The number of rotatable bonds is 30. The number of nitrogen functional groups attached to an aromatic ring is 2. The third-order valence-corrected chi connectivity index (χ3v) is 28.4. The Morgan fingerprint density at radius 3 is 1.09 bits per heavy atom. The molecule has 55 heteroatoms. The molecule has 4 aliphatic carbocycles. The number of carbonyl (C=O) groups is 1. The molecule has 4 heterocycles. The van der Waals surface area contributed by atoms with Crippen LogP contribution in [0.3, 0.4) is 0 Å². The number of nitro benzene ring substituents is 3. The number of aryl methyl sites for hydroxylation is 1. The van der Waals surface area contributed by atoms with Crippen LogP contribution < -0.4 is 147 Å². The van der Waals surface area contributed by atoms with Gasteiger partial charge in [0, 0.05) is 28.9 Å². The van der Waals surface area contributed by atoms with E-state index in [1.807, 2.05) is 12.1 Å². The molecule has 0 spiro atoms. The monoisotopic (exact) mass is 2060 g/mol. The number of sulfonamides is 3. The zero-order valence-corrected chi connectivity index (χ0v) is 81.8. The van der Waals surface area contributed by atoms with Gasteiger partial charge in [-0.1, -0.05) is 97.2 Å². The van der Waals surface area contributed by atoms with E-state index in [0.29, 0.717) is 65.8 Å². The van der Waals surface area contributed by atoms with Gasteiger partial charge in [0.25, 0.3) is 49.2 Å². The van der Waals surface area contributed by atoms with Crippen molar-refractivity contribution in [2.24, 2.45) is 0 Å². The van der Waals surface area contributed by atoms with Crippen molar-refractivity contribution < 1.29 is 217 Å². The van der Waals surface area contributed by atoms with E-state index in [1.165, 1.54) is 50.1 Å². The first-order chi connectivity index (χ1) is 59.8. The summed E-state index contributed by atoms with van der Waals surface area (Å²) in [5.74, 6) is 1.50. The fraction of sp³-hybridized carbons (Fsp3) is 0.373. The molecule has 4 aliphatic rings. The Labute approximate surface area is 848 Å². The van der Waals surface area contributed by atoms with Crippen LogP contribution in [0.5, 0.6) is 17.2 Å². The summed E-state index contributed by atoms with van der Waals surface area (Å²) in [5.41, 5.74) is 12.6. The fourth-order valence-corrected chi connectivity index (χ4v) is 19.4. The Morgan fingerprint density at radius 1 is 0.477 bits per heavy atom. The van der Waals surface area contributed by atoms with Crippen molar-refractivity contribution in [3.8, 4) is 17.2 Å². The molecule has 0 aliphatic heterocycles. The molecule has 15 rings (SSSR count). The number of aromatic nitrogens is 8. The van der Waals surface area contributed by atoms with Gasteiger partial charge >= 0.3 is 103 Å². The van der Waals surface area contributed by atoms with E-state index in [4.69, 9.17) is 92.8 Å². The van der Waals surface area contributed by atoms with E-state index >= 15 is 0 Å². The number of ether oxygens (including phenoxy) is 3. The predicted octanol–water partition coefficient (Wildman–Crippen LogP) is 9.79. The molecule has 11 aromatic rings. The van der Waals surface area contributed by atoms with Crippen molar-refractivity contribution in [1.29, 1.82) is 0 Å². The van der Waals surface area contributed by atoms with E-state index < -0.39 is 133 Å². The molecule has 0 amide bonds. The van der Waals surface area contributed by atoms with Gasteiger partial charge in [0.2, 0.25) is 39.1 Å². The molecule has 0 saturated heterocycles. The van der Waals surface area contributed by atoms with Gasteiger partial charge in [0.05, 0.1) is 123 Å². The molecule has 698 valence electrons. The minimum absolute atomic E-state index is 0. The number of nitro groups is 3.